The molecular formula is C9H7BF3KO. The third-order valence-electron chi connectivity index (χ3n) is 2.18. The van der Waals surface area contributed by atoms with Crippen molar-refractivity contribution in [1.29, 1.82) is 0 Å². The van der Waals surface area contributed by atoms with Crippen molar-refractivity contribution >= 4 is 23.4 Å². The molecule has 0 saturated carbocycles. The molecule has 1 aromatic heterocycles. The maximum atomic E-state index is 12.5. The van der Waals surface area contributed by atoms with Gasteiger partial charge in [-0.25, -0.2) is 0 Å². The van der Waals surface area contributed by atoms with Crippen LogP contribution in [0.3, 0.4) is 0 Å². The van der Waals surface area contributed by atoms with Gasteiger partial charge in [0, 0.05) is 5.39 Å². The molecule has 0 aliphatic carbocycles. The van der Waals surface area contributed by atoms with Gasteiger partial charge in [-0.1, -0.05) is 23.7 Å². The van der Waals surface area contributed by atoms with Crippen LogP contribution in [0.2, 0.25) is 0 Å². The predicted molar refractivity (Wildman–Crippen MR) is 49.7 cm³/mol. The third-order valence-corrected chi connectivity index (χ3v) is 2.18. The fraction of sp³-hybridized carbons (Fsp3) is 0.111. The van der Waals surface area contributed by atoms with Crippen LogP contribution in [0.4, 0.5) is 12.9 Å². The molecule has 15 heavy (non-hydrogen) atoms. The Morgan fingerprint density at radius 1 is 1.20 bits per heavy atom. The van der Waals surface area contributed by atoms with E-state index in [1.165, 1.54) is 12.3 Å². The van der Waals surface area contributed by atoms with Crippen LogP contribution < -0.4 is 56.8 Å². The number of hydrogen-bond acceptors (Lipinski definition) is 1. The minimum absolute atomic E-state index is 0. The second-order valence-electron chi connectivity index (χ2n) is 3.22. The summed E-state index contributed by atoms with van der Waals surface area (Å²) in [6.45, 7) is -3.28. The predicted octanol–water partition coefficient (Wildman–Crippen LogP) is -0.200. The fourth-order valence-electron chi connectivity index (χ4n) is 1.47. The van der Waals surface area contributed by atoms with Crippen molar-refractivity contribution < 1.29 is 68.7 Å². The normalized spacial score (nSPS) is 11.5. The molecule has 74 valence electrons. The summed E-state index contributed by atoms with van der Waals surface area (Å²) in [5.74, 6) is 0. The van der Waals surface area contributed by atoms with Crippen molar-refractivity contribution in [1.82, 2.24) is 0 Å². The second-order valence-corrected chi connectivity index (χ2v) is 3.22. The molecule has 1 nitrogen and oxygen atoms in total. The first-order valence-electron chi connectivity index (χ1n) is 4.17. The van der Waals surface area contributed by atoms with Crippen LogP contribution in [0.15, 0.2) is 28.9 Å². The van der Waals surface area contributed by atoms with Crippen molar-refractivity contribution in [2.24, 2.45) is 0 Å². The number of hydrogen-bond donors (Lipinski definition) is 0. The van der Waals surface area contributed by atoms with Crippen molar-refractivity contribution in [3.05, 3.63) is 30.0 Å². The molecule has 0 aliphatic rings. The Bertz CT molecular complexity index is 478. The molecule has 2 aromatic rings. The van der Waals surface area contributed by atoms with Crippen molar-refractivity contribution in [2.45, 2.75) is 6.92 Å². The summed E-state index contributed by atoms with van der Waals surface area (Å²) < 4.78 is 42.5. The van der Waals surface area contributed by atoms with E-state index in [0.29, 0.717) is 5.39 Å². The van der Waals surface area contributed by atoms with Crippen LogP contribution in [0.25, 0.3) is 11.0 Å². The van der Waals surface area contributed by atoms with E-state index in [2.05, 4.69) is 0 Å². The molecule has 6 heteroatoms. The van der Waals surface area contributed by atoms with Gasteiger partial charge >= 0.3 is 58.4 Å². The first kappa shape index (κ1) is 13.3. The molecule has 0 unspecified atom stereocenters. The average molecular weight is 238 g/mol. The van der Waals surface area contributed by atoms with Crippen LogP contribution >= 0.6 is 0 Å². The zero-order valence-corrected chi connectivity index (χ0v) is 11.6. The van der Waals surface area contributed by atoms with Crippen molar-refractivity contribution in [2.75, 3.05) is 0 Å². The quantitative estimate of drug-likeness (QED) is 0.627. The van der Waals surface area contributed by atoms with E-state index in [4.69, 9.17) is 4.42 Å². The number of benzene rings is 1. The zero-order valence-electron chi connectivity index (χ0n) is 8.43. The van der Waals surface area contributed by atoms with Gasteiger partial charge in [0.05, 0.1) is 6.26 Å². The molecule has 1 heterocycles. The maximum Gasteiger partial charge on any atom is 1.00 e. The molecule has 0 fully saturated rings. The molecule has 0 spiro atoms. The Morgan fingerprint density at radius 3 is 2.47 bits per heavy atom. The van der Waals surface area contributed by atoms with E-state index in [-0.39, 0.29) is 57.0 Å². The fourth-order valence-corrected chi connectivity index (χ4v) is 1.47. The Balaban J connectivity index is 0.00000112. The van der Waals surface area contributed by atoms with Crippen LogP contribution in [-0.4, -0.2) is 6.98 Å². The Kier molecular flexibility index (Phi) is 4.11. The van der Waals surface area contributed by atoms with Gasteiger partial charge in [0.1, 0.15) is 5.58 Å². The summed E-state index contributed by atoms with van der Waals surface area (Å²) in [5.41, 5.74) is 0.00926. The average Bonchev–Trinajstić information content (AvgIpc) is 2.46. The molecule has 0 aliphatic heterocycles. The topological polar surface area (TPSA) is 13.1 Å². The number of halogens is 3. The Hall–Kier alpha value is 0.251. The second kappa shape index (κ2) is 4.63. The summed E-state index contributed by atoms with van der Waals surface area (Å²) in [7, 11) is 0. The van der Waals surface area contributed by atoms with Gasteiger partial charge in [0.25, 0.3) is 0 Å². The van der Waals surface area contributed by atoms with Crippen molar-refractivity contribution in [3.8, 4) is 0 Å². The van der Waals surface area contributed by atoms with Gasteiger partial charge in [0.15, 0.2) is 0 Å². The van der Waals surface area contributed by atoms with Gasteiger partial charge in [-0.05, 0) is 12.5 Å². The molecule has 0 saturated heterocycles. The van der Waals surface area contributed by atoms with Gasteiger partial charge < -0.3 is 17.4 Å². The van der Waals surface area contributed by atoms with E-state index in [1.807, 2.05) is 0 Å². The first-order valence-corrected chi connectivity index (χ1v) is 4.17. The van der Waals surface area contributed by atoms with Crippen LogP contribution in [0.5, 0.6) is 0 Å². The molecule has 0 N–H and O–H groups in total. The van der Waals surface area contributed by atoms with Crippen LogP contribution in [0, 0.1) is 6.92 Å². The number of aryl methyl sites for hydroxylation is 1. The molecule has 0 atom stereocenters. The summed E-state index contributed by atoms with van der Waals surface area (Å²) in [6.07, 6.45) is 1.34. The first-order chi connectivity index (χ1) is 6.50. The zero-order chi connectivity index (χ0) is 10.3. The van der Waals surface area contributed by atoms with E-state index < -0.39 is 12.4 Å². The molecule has 2 rings (SSSR count). The molecular weight excluding hydrogens is 231 g/mol. The standard InChI is InChI=1S/C9H7BF3O.K/c1-6-5-14-9-7(6)3-2-4-8(9)10(11,12)13;/h2-5H,1H3;/q-1;+1. The number of rotatable bonds is 1. The minimum atomic E-state index is -5.00. The molecule has 1 aromatic carbocycles. The molecule has 0 bridgehead atoms. The summed E-state index contributed by atoms with van der Waals surface area (Å²) in [5, 5.41) is 0.529. The van der Waals surface area contributed by atoms with E-state index >= 15 is 0 Å². The Morgan fingerprint density at radius 2 is 1.87 bits per heavy atom. The van der Waals surface area contributed by atoms with Crippen molar-refractivity contribution in [3.63, 3.8) is 0 Å². The SMILES string of the molecule is Cc1coc2c([B-](F)(F)F)cccc12.[K+]. The van der Waals surface area contributed by atoms with E-state index in [0.717, 1.165) is 11.6 Å². The van der Waals surface area contributed by atoms with Crippen LogP contribution in [0.1, 0.15) is 5.56 Å². The van der Waals surface area contributed by atoms with Gasteiger partial charge in [-0.15, -0.1) is 0 Å². The maximum absolute atomic E-state index is 12.5. The van der Waals surface area contributed by atoms with Crippen LogP contribution in [-0.2, 0) is 0 Å². The number of furan rings is 1. The van der Waals surface area contributed by atoms with Gasteiger partial charge in [-0.2, -0.15) is 0 Å². The molecule has 0 amide bonds. The monoisotopic (exact) mass is 238 g/mol. The third kappa shape index (κ3) is 2.50. The summed E-state index contributed by atoms with van der Waals surface area (Å²) in [4.78, 5) is 0. The number of fused-ring (bicyclic) bond motifs is 1. The summed E-state index contributed by atoms with van der Waals surface area (Å²) in [6, 6.07) is 4.07. The van der Waals surface area contributed by atoms with Gasteiger partial charge in [-0.3, -0.25) is 0 Å². The summed E-state index contributed by atoms with van der Waals surface area (Å²) >= 11 is 0. The van der Waals surface area contributed by atoms with Gasteiger partial charge in [0.2, 0.25) is 0 Å². The number of para-hydroxylation sites is 1. The minimum Gasteiger partial charge on any atom is -0.467 e. The Labute approximate surface area is 127 Å². The molecule has 0 radical (unpaired) electrons. The largest absolute Gasteiger partial charge is 1.00 e. The van der Waals surface area contributed by atoms with E-state index in [1.54, 1.807) is 13.0 Å². The smallest absolute Gasteiger partial charge is 0.467 e. The van der Waals surface area contributed by atoms with E-state index in [9.17, 15) is 12.9 Å².